The van der Waals surface area contributed by atoms with E-state index in [-0.39, 0.29) is 34.5 Å². The molecule has 0 bridgehead atoms. The van der Waals surface area contributed by atoms with Crippen LogP contribution in [0.4, 0.5) is 5.69 Å². The van der Waals surface area contributed by atoms with Crippen molar-refractivity contribution >= 4 is 35.6 Å². The Morgan fingerprint density at radius 1 is 0.815 bits per heavy atom. The number of nitrogens with one attached hydrogen (secondary N) is 2. The van der Waals surface area contributed by atoms with Crippen LogP contribution in [0.5, 0.6) is 5.75 Å². The summed E-state index contributed by atoms with van der Waals surface area (Å²) in [5, 5.41) is 5.73. The fraction of sp³-hybridized carbons (Fsp3) is 0.465. The minimum atomic E-state index is -0.573. The normalized spacial score (nSPS) is 12.0. The number of carbonyl (C=O) groups excluding carboxylic acids is 5. The molecule has 54 heavy (non-hydrogen) atoms. The molecule has 4 N–H and O–H groups in total. The van der Waals surface area contributed by atoms with Gasteiger partial charge in [0, 0.05) is 56.8 Å². The van der Waals surface area contributed by atoms with Crippen LogP contribution >= 0.6 is 0 Å². The average molecular weight is 742 g/mol. The summed E-state index contributed by atoms with van der Waals surface area (Å²) in [4.78, 5) is 65.2. The molecule has 3 rings (SSSR count). The van der Waals surface area contributed by atoms with Gasteiger partial charge >= 0.3 is 0 Å². The molecule has 0 aliphatic heterocycles. The molecule has 0 heterocycles. The molecule has 1 atom stereocenters. The predicted octanol–water partition coefficient (Wildman–Crippen LogP) is 6.26. The zero-order valence-corrected chi connectivity index (χ0v) is 33.1. The smallest absolute Gasteiger partial charge is 0.251 e. The molecule has 0 aliphatic rings. The Morgan fingerprint density at radius 2 is 1.43 bits per heavy atom. The van der Waals surface area contributed by atoms with Crippen LogP contribution in [0.15, 0.2) is 72.8 Å². The van der Waals surface area contributed by atoms with Crippen LogP contribution in [0.25, 0.3) is 0 Å². The van der Waals surface area contributed by atoms with E-state index in [9.17, 15) is 24.0 Å². The quantitative estimate of drug-likeness (QED) is 0.116. The molecule has 0 unspecified atom stereocenters. The molecular weight excluding hydrogens is 683 g/mol. The first-order chi connectivity index (χ1) is 25.4. The van der Waals surface area contributed by atoms with Gasteiger partial charge in [-0.2, -0.15) is 0 Å². The molecule has 0 fully saturated rings. The van der Waals surface area contributed by atoms with Gasteiger partial charge in [0.25, 0.3) is 5.91 Å². The maximum Gasteiger partial charge on any atom is 0.251 e. The number of nitrogens with zero attached hydrogens (tertiary/aromatic N) is 2. The van der Waals surface area contributed by atoms with Crippen molar-refractivity contribution in [2.24, 2.45) is 16.6 Å². The van der Waals surface area contributed by atoms with E-state index in [1.807, 2.05) is 37.4 Å². The highest BCUT2D eigenvalue weighted by atomic mass is 16.5. The molecule has 11 heteroatoms. The number of likely N-dealkylation sites (N-methyl/N-ethyl adjacent to an activating group) is 2. The molecular formula is C43H59N5O6. The number of aldehydes is 1. The van der Waals surface area contributed by atoms with E-state index >= 15 is 0 Å². The molecule has 4 amide bonds. The van der Waals surface area contributed by atoms with Crippen LogP contribution in [-0.4, -0.2) is 79.5 Å². The SMILES string of the molecule is CN(CCOc1ccc(C(=O)NCc2cccc(C=O)c2)cc1)C(=O)CCC(C)(C)CCC(=O)N(C)CCc1ccc(NC(=O)[C@@H](N)CC(C)(C)C)cc1. The molecule has 3 aromatic carbocycles. The lowest BCUT2D eigenvalue weighted by atomic mass is 9.83. The standard InChI is InChI=1S/C43H59N5O6/c1-42(2,3)28-37(44)41(53)46-35-15-11-31(12-16-35)21-24-47(6)38(50)19-22-43(4,5)23-20-39(51)48(7)25-26-54-36-17-13-34(14-18-36)40(52)45-29-32-9-8-10-33(27-32)30-49/h8-18,27,30,37H,19-26,28-29,44H2,1-7H3,(H,45,52)(H,46,53)/t37-/m0/s1. The van der Waals surface area contributed by atoms with Gasteiger partial charge in [0.1, 0.15) is 18.6 Å². The topological polar surface area (TPSA) is 151 Å². The Balaban J connectivity index is 1.31. The van der Waals surface area contributed by atoms with E-state index in [4.69, 9.17) is 10.5 Å². The first-order valence-electron chi connectivity index (χ1n) is 18.6. The summed E-state index contributed by atoms with van der Waals surface area (Å²) in [6.07, 6.45) is 4.15. The monoisotopic (exact) mass is 741 g/mol. The van der Waals surface area contributed by atoms with Crippen LogP contribution < -0.4 is 21.1 Å². The largest absolute Gasteiger partial charge is 0.492 e. The molecule has 11 nitrogen and oxygen atoms in total. The fourth-order valence-electron chi connectivity index (χ4n) is 5.75. The highest BCUT2D eigenvalue weighted by molar-refractivity contribution is 5.95. The van der Waals surface area contributed by atoms with Gasteiger partial charge in [0.15, 0.2) is 0 Å². The number of nitrogens with two attached hydrogens (primary N) is 1. The lowest BCUT2D eigenvalue weighted by Crippen LogP contribution is -2.38. The van der Waals surface area contributed by atoms with Gasteiger partial charge in [-0.3, -0.25) is 24.0 Å². The molecule has 3 aromatic rings. The van der Waals surface area contributed by atoms with Gasteiger partial charge in [0.05, 0.1) is 12.6 Å². The first kappa shape index (κ1) is 43.4. The summed E-state index contributed by atoms with van der Waals surface area (Å²) in [6.45, 7) is 11.9. The Labute approximate surface area is 321 Å². The molecule has 0 spiro atoms. The van der Waals surface area contributed by atoms with Crippen LogP contribution in [0.2, 0.25) is 0 Å². The minimum absolute atomic E-state index is 0.0131. The van der Waals surface area contributed by atoms with Gasteiger partial charge in [-0.25, -0.2) is 0 Å². The number of anilines is 1. The van der Waals surface area contributed by atoms with Gasteiger partial charge < -0.3 is 30.9 Å². The summed E-state index contributed by atoms with van der Waals surface area (Å²) in [6, 6.07) is 20.9. The number of amides is 4. The number of ether oxygens (including phenoxy) is 1. The predicted molar refractivity (Wildman–Crippen MR) is 213 cm³/mol. The number of hydrogen-bond acceptors (Lipinski definition) is 7. The fourth-order valence-corrected chi connectivity index (χ4v) is 5.75. The first-order valence-corrected chi connectivity index (χ1v) is 18.6. The lowest BCUT2D eigenvalue weighted by Gasteiger charge is -2.27. The lowest BCUT2D eigenvalue weighted by molar-refractivity contribution is -0.131. The van der Waals surface area contributed by atoms with Gasteiger partial charge in [0.2, 0.25) is 17.7 Å². The zero-order chi connectivity index (χ0) is 39.9. The van der Waals surface area contributed by atoms with Gasteiger partial charge in [-0.05, 0) is 90.1 Å². The third kappa shape index (κ3) is 15.5. The van der Waals surface area contributed by atoms with Crippen LogP contribution in [0.1, 0.15) is 98.6 Å². The summed E-state index contributed by atoms with van der Waals surface area (Å²) in [5.74, 6) is 0.240. The molecule has 0 saturated carbocycles. The third-order valence-electron chi connectivity index (χ3n) is 9.36. The van der Waals surface area contributed by atoms with Crippen molar-refractivity contribution in [2.75, 3.05) is 39.1 Å². The average Bonchev–Trinajstić information content (AvgIpc) is 3.14. The van der Waals surface area contributed by atoms with E-state index in [1.165, 1.54) is 0 Å². The van der Waals surface area contributed by atoms with Crippen LogP contribution in [-0.2, 0) is 27.3 Å². The van der Waals surface area contributed by atoms with Crippen molar-refractivity contribution in [1.29, 1.82) is 0 Å². The number of hydrogen-bond donors (Lipinski definition) is 3. The van der Waals surface area contributed by atoms with Gasteiger partial charge in [-0.15, -0.1) is 0 Å². The zero-order valence-electron chi connectivity index (χ0n) is 33.1. The van der Waals surface area contributed by atoms with E-state index in [0.717, 1.165) is 17.4 Å². The molecule has 292 valence electrons. The van der Waals surface area contributed by atoms with E-state index in [0.29, 0.717) is 87.3 Å². The van der Waals surface area contributed by atoms with Crippen LogP contribution in [0, 0.1) is 10.8 Å². The van der Waals surface area contributed by atoms with Crippen molar-refractivity contribution in [1.82, 2.24) is 15.1 Å². The number of benzene rings is 3. The Morgan fingerprint density at radius 3 is 2.02 bits per heavy atom. The summed E-state index contributed by atoms with van der Waals surface area (Å²) in [5.41, 5.74) is 9.48. The maximum absolute atomic E-state index is 12.9. The molecule has 0 aromatic heterocycles. The van der Waals surface area contributed by atoms with Gasteiger partial charge in [-0.1, -0.05) is 65.0 Å². The number of carbonyl (C=O) groups is 5. The summed E-state index contributed by atoms with van der Waals surface area (Å²) >= 11 is 0. The minimum Gasteiger partial charge on any atom is -0.492 e. The highest BCUT2D eigenvalue weighted by Gasteiger charge is 2.24. The van der Waals surface area contributed by atoms with Crippen LogP contribution in [0.3, 0.4) is 0 Å². The van der Waals surface area contributed by atoms with E-state index < -0.39 is 6.04 Å². The Hall–Kier alpha value is -5.03. The highest BCUT2D eigenvalue weighted by Crippen LogP contribution is 2.29. The van der Waals surface area contributed by atoms with Crippen molar-refractivity contribution in [3.63, 3.8) is 0 Å². The Kier molecular flexibility index (Phi) is 16.4. The molecule has 0 saturated heterocycles. The van der Waals surface area contributed by atoms with E-state index in [1.54, 1.807) is 59.3 Å². The van der Waals surface area contributed by atoms with Crippen molar-refractivity contribution in [3.8, 4) is 5.75 Å². The van der Waals surface area contributed by atoms with Crippen molar-refractivity contribution < 1.29 is 28.7 Å². The second-order valence-corrected chi connectivity index (χ2v) is 16.0. The third-order valence-corrected chi connectivity index (χ3v) is 9.36. The summed E-state index contributed by atoms with van der Waals surface area (Å²) < 4.78 is 5.82. The summed E-state index contributed by atoms with van der Waals surface area (Å²) in [7, 11) is 3.56. The van der Waals surface area contributed by atoms with Crippen molar-refractivity contribution in [2.45, 2.75) is 85.7 Å². The second kappa shape index (κ2) is 20.4. The van der Waals surface area contributed by atoms with Crippen molar-refractivity contribution in [3.05, 3.63) is 95.1 Å². The maximum atomic E-state index is 12.9. The number of rotatable bonds is 20. The second-order valence-electron chi connectivity index (χ2n) is 16.0. The molecule has 0 radical (unpaired) electrons. The molecule has 0 aliphatic carbocycles. The van der Waals surface area contributed by atoms with E-state index in [2.05, 4.69) is 45.3 Å². The Bertz CT molecular complexity index is 1700.